The van der Waals surface area contributed by atoms with E-state index in [2.05, 4.69) is 51.7 Å². The molecule has 2 aliphatic rings. The molecular formula is C33H34ClN5O2S. The Morgan fingerprint density at radius 3 is 2.40 bits per heavy atom. The lowest BCUT2D eigenvalue weighted by atomic mass is 9.91. The molecule has 2 aliphatic heterocycles. The lowest BCUT2D eigenvalue weighted by Crippen LogP contribution is -2.38. The van der Waals surface area contributed by atoms with Crippen LogP contribution >= 0.6 is 23.8 Å². The van der Waals surface area contributed by atoms with Crippen LogP contribution in [0.15, 0.2) is 85.2 Å². The molecule has 2 aromatic carbocycles. The summed E-state index contributed by atoms with van der Waals surface area (Å²) in [7, 11) is 1.38. The fourth-order valence-electron chi connectivity index (χ4n) is 6.44. The highest BCUT2D eigenvalue weighted by Gasteiger charge is 2.42. The number of pyridine rings is 1. The highest BCUT2D eigenvalue weighted by Crippen LogP contribution is 2.44. The van der Waals surface area contributed by atoms with Crippen LogP contribution in [0.4, 0.5) is 11.4 Å². The van der Waals surface area contributed by atoms with Gasteiger partial charge in [-0.2, -0.15) is 0 Å². The van der Waals surface area contributed by atoms with Crippen molar-refractivity contribution < 1.29 is 9.53 Å². The SMILES string of the molecule is COC(=O)c1ccc(-n2cccc2[C@@H]2[C@H](c3ccccn3)NC(=S)N2c2ccc(N3C[C@H](C)C[C@@H](C)C3)c(Cl)c2)cc1. The van der Waals surface area contributed by atoms with E-state index in [4.69, 9.17) is 33.5 Å². The van der Waals surface area contributed by atoms with E-state index >= 15 is 0 Å². The van der Waals surface area contributed by atoms with Crippen LogP contribution in [0.25, 0.3) is 5.69 Å². The zero-order valence-corrected chi connectivity index (χ0v) is 25.5. The number of nitrogens with one attached hydrogen (secondary N) is 1. The number of hydrogen-bond donors (Lipinski definition) is 1. The quantitative estimate of drug-likeness (QED) is 0.190. The molecule has 1 N–H and O–H groups in total. The van der Waals surface area contributed by atoms with Crippen molar-refractivity contribution in [2.45, 2.75) is 32.4 Å². The number of piperidine rings is 1. The summed E-state index contributed by atoms with van der Waals surface area (Å²) in [4.78, 5) is 21.3. The maximum atomic E-state index is 12.0. The van der Waals surface area contributed by atoms with Crippen LogP contribution < -0.4 is 15.1 Å². The number of esters is 1. The molecule has 4 heterocycles. The number of hydrogen-bond acceptors (Lipinski definition) is 5. The summed E-state index contributed by atoms with van der Waals surface area (Å²) in [5.41, 5.74) is 5.30. The van der Waals surface area contributed by atoms with E-state index in [9.17, 15) is 4.79 Å². The number of halogens is 1. The van der Waals surface area contributed by atoms with Crippen LogP contribution in [0, 0.1) is 11.8 Å². The number of anilines is 2. The molecule has 4 atom stereocenters. The molecule has 0 amide bonds. The summed E-state index contributed by atoms with van der Waals surface area (Å²) < 4.78 is 7.00. The van der Waals surface area contributed by atoms with Gasteiger partial charge in [-0.15, -0.1) is 0 Å². The lowest BCUT2D eigenvalue weighted by Gasteiger charge is -2.37. The van der Waals surface area contributed by atoms with Crippen molar-refractivity contribution in [1.82, 2.24) is 14.9 Å². The van der Waals surface area contributed by atoms with Crippen LogP contribution in [0.5, 0.6) is 0 Å². The topological polar surface area (TPSA) is 62.6 Å². The Kier molecular flexibility index (Phi) is 7.92. The first-order valence-electron chi connectivity index (χ1n) is 14.2. The van der Waals surface area contributed by atoms with Crippen molar-refractivity contribution in [3.05, 3.63) is 107 Å². The maximum absolute atomic E-state index is 12.0. The fraction of sp³-hybridized carbons (Fsp3) is 0.303. The standard InChI is InChI=1S/C33H34ClN5O2S/c1-21-17-22(2)20-37(19-21)28-14-13-25(18-26(28)34)39-31(30(36-33(39)42)27-7-4-5-15-35-27)29-8-6-16-38(29)24-11-9-23(10-12-24)32(40)41-3/h4-16,18,21-22,30-31H,17,19-20H2,1-3H3,(H,36,42)/t21-,22-,30+,31-/m1/s1. The third kappa shape index (κ3) is 5.37. The molecule has 0 unspecified atom stereocenters. The molecule has 216 valence electrons. The molecular weight excluding hydrogens is 566 g/mol. The largest absolute Gasteiger partial charge is 0.465 e. The molecule has 0 bridgehead atoms. The van der Waals surface area contributed by atoms with Gasteiger partial charge < -0.3 is 24.4 Å². The van der Waals surface area contributed by atoms with Crippen molar-refractivity contribution in [3.63, 3.8) is 0 Å². The van der Waals surface area contributed by atoms with Gasteiger partial charge in [0.2, 0.25) is 0 Å². The van der Waals surface area contributed by atoms with Crippen LogP contribution in [0.3, 0.4) is 0 Å². The van der Waals surface area contributed by atoms with Gasteiger partial charge in [0.15, 0.2) is 5.11 Å². The van der Waals surface area contributed by atoms with E-state index in [1.54, 1.807) is 18.3 Å². The minimum Gasteiger partial charge on any atom is -0.465 e. The highest BCUT2D eigenvalue weighted by atomic mass is 35.5. The number of ether oxygens (including phenoxy) is 1. The Labute approximate surface area is 257 Å². The van der Waals surface area contributed by atoms with Crippen molar-refractivity contribution >= 4 is 46.3 Å². The average molecular weight is 600 g/mol. The maximum Gasteiger partial charge on any atom is 0.337 e. The lowest BCUT2D eigenvalue weighted by molar-refractivity contribution is 0.0600. The number of carbonyl (C=O) groups is 1. The van der Waals surface area contributed by atoms with Crippen LogP contribution in [-0.2, 0) is 4.74 Å². The summed E-state index contributed by atoms with van der Waals surface area (Å²) in [6.07, 6.45) is 5.06. The number of aromatic nitrogens is 2. The van der Waals surface area contributed by atoms with Crippen molar-refractivity contribution in [1.29, 1.82) is 0 Å². The Morgan fingerprint density at radius 2 is 1.74 bits per heavy atom. The monoisotopic (exact) mass is 599 g/mol. The Bertz CT molecular complexity index is 1580. The van der Waals surface area contributed by atoms with Crippen molar-refractivity contribution in [2.75, 3.05) is 30.0 Å². The Hall–Kier alpha value is -3.88. The van der Waals surface area contributed by atoms with Gasteiger partial charge >= 0.3 is 5.97 Å². The smallest absolute Gasteiger partial charge is 0.337 e. The summed E-state index contributed by atoms with van der Waals surface area (Å²) in [5.74, 6) is 0.880. The van der Waals surface area contributed by atoms with Gasteiger partial charge in [-0.25, -0.2) is 4.79 Å². The average Bonchev–Trinajstić information content (AvgIpc) is 3.61. The number of rotatable bonds is 6. The van der Waals surface area contributed by atoms with Gasteiger partial charge in [-0.1, -0.05) is 31.5 Å². The first kappa shape index (κ1) is 28.2. The molecule has 2 saturated heterocycles. The fourth-order valence-corrected chi connectivity index (χ4v) is 7.08. The highest BCUT2D eigenvalue weighted by molar-refractivity contribution is 7.80. The van der Waals surface area contributed by atoms with E-state index < -0.39 is 0 Å². The summed E-state index contributed by atoms with van der Waals surface area (Å²) >= 11 is 13.0. The van der Waals surface area contributed by atoms with E-state index in [-0.39, 0.29) is 18.1 Å². The van der Waals surface area contributed by atoms with E-state index in [1.165, 1.54) is 13.5 Å². The van der Waals surface area contributed by atoms with Crippen LogP contribution in [0.1, 0.15) is 54.1 Å². The van der Waals surface area contributed by atoms with E-state index in [0.29, 0.717) is 27.5 Å². The van der Waals surface area contributed by atoms with Gasteiger partial charge in [0.25, 0.3) is 0 Å². The number of thiocarbonyl (C=S) groups is 1. The van der Waals surface area contributed by atoms with Gasteiger partial charge in [0, 0.05) is 42.6 Å². The molecule has 9 heteroatoms. The van der Waals surface area contributed by atoms with Crippen LogP contribution in [-0.4, -0.2) is 40.8 Å². The molecule has 42 heavy (non-hydrogen) atoms. The molecule has 0 spiro atoms. The zero-order chi connectivity index (χ0) is 29.4. The summed E-state index contributed by atoms with van der Waals surface area (Å²) in [6, 6.07) is 23.3. The van der Waals surface area contributed by atoms with Crippen molar-refractivity contribution in [3.8, 4) is 5.69 Å². The number of methoxy groups -OCH3 is 1. The molecule has 0 radical (unpaired) electrons. The van der Waals surface area contributed by atoms with Gasteiger partial charge in [-0.05, 0) is 97.2 Å². The number of benzene rings is 2. The zero-order valence-electron chi connectivity index (χ0n) is 23.9. The van der Waals surface area contributed by atoms with E-state index in [1.807, 2.05) is 48.7 Å². The van der Waals surface area contributed by atoms with E-state index in [0.717, 1.165) is 41.5 Å². The molecule has 7 nitrogen and oxygen atoms in total. The molecule has 6 rings (SSSR count). The van der Waals surface area contributed by atoms with Crippen LogP contribution in [0.2, 0.25) is 5.02 Å². The first-order chi connectivity index (χ1) is 20.3. The minimum absolute atomic E-state index is 0.205. The Morgan fingerprint density at radius 1 is 1.00 bits per heavy atom. The Balaban J connectivity index is 1.40. The second-order valence-electron chi connectivity index (χ2n) is 11.3. The summed E-state index contributed by atoms with van der Waals surface area (Å²) in [5, 5.41) is 4.86. The third-order valence-electron chi connectivity index (χ3n) is 8.17. The van der Waals surface area contributed by atoms with Crippen molar-refractivity contribution in [2.24, 2.45) is 11.8 Å². The molecule has 0 aliphatic carbocycles. The molecule has 2 fully saturated rings. The van der Waals surface area contributed by atoms with Gasteiger partial charge in [0.1, 0.15) is 6.04 Å². The minimum atomic E-state index is -0.366. The predicted octanol–water partition coefficient (Wildman–Crippen LogP) is 6.97. The first-order valence-corrected chi connectivity index (χ1v) is 15.0. The third-order valence-corrected chi connectivity index (χ3v) is 8.78. The number of carbonyl (C=O) groups excluding carboxylic acids is 1. The molecule has 4 aromatic rings. The predicted molar refractivity (Wildman–Crippen MR) is 172 cm³/mol. The summed E-state index contributed by atoms with van der Waals surface area (Å²) in [6.45, 7) is 6.61. The second kappa shape index (κ2) is 11.8. The number of nitrogens with zero attached hydrogens (tertiary/aromatic N) is 4. The normalized spacial score (nSPS) is 22.2. The molecule has 0 saturated carbocycles. The molecule has 2 aromatic heterocycles. The van der Waals surface area contributed by atoms with Gasteiger partial charge in [0.05, 0.1) is 35.1 Å². The second-order valence-corrected chi connectivity index (χ2v) is 12.1. The van der Waals surface area contributed by atoms with Gasteiger partial charge in [-0.3, -0.25) is 4.98 Å².